The van der Waals surface area contributed by atoms with Crippen LogP contribution in [0.5, 0.6) is 0 Å². The van der Waals surface area contributed by atoms with Crippen molar-refractivity contribution in [1.29, 1.82) is 0 Å². The standard InChI is InChI=1S/C31H30N2O9S5/c1-19(41-46(3,36)37)25-28(34)33(29(25)44-45-31-32-23-17-11-12-18-24(23)43-31)26(20(2)42-47(4,38)39)30(35)40-27(21-13-7-5-8-14-21)22-15-9-6-10-16-22/h5-19,25,27,29H,1-4H3/b26-20+/t19-,25?,29?/m0/s1. The van der Waals surface area contributed by atoms with Gasteiger partial charge in [-0.3, -0.25) is 13.9 Å². The van der Waals surface area contributed by atoms with Gasteiger partial charge in [0, 0.05) is 0 Å². The molecule has 5 rings (SSSR count). The Hall–Kier alpha value is -3.41. The number of benzene rings is 3. The SMILES string of the molecule is C/C(OS(C)(=O)=O)=C(/C(=O)OC(c1ccccc1)c1ccccc1)N1C(=O)C([C@H](C)OS(C)(=O)=O)C1SSc1nc2ccccc2s1. The van der Waals surface area contributed by atoms with Crippen molar-refractivity contribution in [2.45, 2.75) is 35.8 Å². The Bertz CT molecular complexity index is 1950. The fourth-order valence-corrected chi connectivity index (χ4v) is 10.3. The molecule has 0 spiro atoms. The summed E-state index contributed by atoms with van der Waals surface area (Å²) in [6.07, 6.45) is -0.345. The van der Waals surface area contributed by atoms with Crippen LogP contribution in [0.15, 0.2) is 101 Å². The molecule has 0 bridgehead atoms. The van der Waals surface area contributed by atoms with E-state index >= 15 is 0 Å². The Morgan fingerprint density at radius 2 is 1.47 bits per heavy atom. The van der Waals surface area contributed by atoms with Crippen molar-refractivity contribution in [3.63, 3.8) is 0 Å². The molecule has 4 aromatic rings. The lowest BCUT2D eigenvalue weighted by atomic mass is 9.92. The number of fused-ring (bicyclic) bond motifs is 1. The molecule has 47 heavy (non-hydrogen) atoms. The molecule has 1 saturated heterocycles. The van der Waals surface area contributed by atoms with Crippen LogP contribution in [0, 0.1) is 5.92 Å². The Balaban J connectivity index is 1.54. The van der Waals surface area contributed by atoms with Crippen LogP contribution in [0.2, 0.25) is 0 Å². The zero-order valence-electron chi connectivity index (χ0n) is 25.5. The smallest absolute Gasteiger partial charge is 0.359 e. The Labute approximate surface area is 285 Å². The maximum absolute atomic E-state index is 14.1. The van der Waals surface area contributed by atoms with Crippen LogP contribution < -0.4 is 0 Å². The largest absolute Gasteiger partial charge is 0.448 e. The van der Waals surface area contributed by atoms with Crippen molar-refractivity contribution < 1.29 is 39.5 Å². The third kappa shape index (κ3) is 8.55. The lowest BCUT2D eigenvalue weighted by molar-refractivity contribution is -0.159. The fourth-order valence-electron chi connectivity index (χ4n) is 5.00. The van der Waals surface area contributed by atoms with E-state index in [1.807, 2.05) is 36.4 Å². The second kappa shape index (κ2) is 14.4. The molecule has 1 amide bonds. The summed E-state index contributed by atoms with van der Waals surface area (Å²) in [6.45, 7) is 2.69. The molecule has 1 aliphatic rings. The van der Waals surface area contributed by atoms with Crippen LogP contribution in [0.3, 0.4) is 0 Å². The average molecular weight is 735 g/mol. The van der Waals surface area contributed by atoms with Crippen LogP contribution >= 0.6 is 32.9 Å². The molecular weight excluding hydrogens is 705 g/mol. The normalized spacial score (nSPS) is 18.1. The van der Waals surface area contributed by atoms with E-state index in [0.29, 0.717) is 15.5 Å². The molecule has 3 aromatic carbocycles. The average Bonchev–Trinajstić information content (AvgIpc) is 3.42. The quantitative estimate of drug-likeness (QED) is 0.0413. The van der Waals surface area contributed by atoms with Crippen LogP contribution in [-0.4, -0.2) is 62.6 Å². The molecule has 0 N–H and O–H groups in total. The number of nitrogens with zero attached hydrogens (tertiary/aromatic N) is 2. The molecule has 248 valence electrons. The van der Waals surface area contributed by atoms with Gasteiger partial charge in [0.2, 0.25) is 5.91 Å². The van der Waals surface area contributed by atoms with Gasteiger partial charge < -0.3 is 8.92 Å². The third-order valence-electron chi connectivity index (χ3n) is 6.88. The van der Waals surface area contributed by atoms with E-state index < -0.39 is 67.1 Å². The number of hydrogen-bond acceptors (Lipinski definition) is 13. The molecule has 11 nitrogen and oxygen atoms in total. The highest BCUT2D eigenvalue weighted by atomic mass is 33.1. The summed E-state index contributed by atoms with van der Waals surface area (Å²) in [5, 5.41) is -0.913. The molecule has 0 aliphatic carbocycles. The topological polar surface area (TPSA) is 146 Å². The monoisotopic (exact) mass is 734 g/mol. The van der Waals surface area contributed by atoms with Crippen LogP contribution in [0.1, 0.15) is 31.1 Å². The fraction of sp³-hybridized carbons (Fsp3) is 0.258. The molecule has 1 aliphatic heterocycles. The highest BCUT2D eigenvalue weighted by molar-refractivity contribution is 8.77. The lowest BCUT2D eigenvalue weighted by Crippen LogP contribution is -2.63. The summed E-state index contributed by atoms with van der Waals surface area (Å²) in [7, 11) is -5.72. The van der Waals surface area contributed by atoms with Crippen LogP contribution in [0.4, 0.5) is 0 Å². The number of likely N-dealkylation sites (tertiary alicyclic amines) is 1. The first kappa shape index (κ1) is 34.9. The van der Waals surface area contributed by atoms with Gasteiger partial charge in [-0.05, 0) is 47.9 Å². The van der Waals surface area contributed by atoms with Gasteiger partial charge in [-0.2, -0.15) is 16.8 Å². The maximum Gasteiger partial charge on any atom is 0.359 e. The van der Waals surface area contributed by atoms with Crippen molar-refractivity contribution in [2.24, 2.45) is 5.92 Å². The Kier molecular flexibility index (Phi) is 10.7. The molecule has 3 atom stereocenters. The Morgan fingerprint density at radius 1 is 0.894 bits per heavy atom. The summed E-state index contributed by atoms with van der Waals surface area (Å²) in [6, 6.07) is 25.4. The number of carbonyl (C=O) groups is 2. The minimum atomic E-state index is -4.14. The van der Waals surface area contributed by atoms with Crippen LogP contribution in [0.25, 0.3) is 10.2 Å². The molecule has 2 unspecified atom stereocenters. The second-order valence-corrected chi connectivity index (χ2v) is 17.3. The number of amides is 1. The number of β-lactam (4-membered cyclic amide) rings is 1. The van der Waals surface area contributed by atoms with Gasteiger partial charge in [-0.1, -0.05) is 83.6 Å². The van der Waals surface area contributed by atoms with Gasteiger partial charge in [0.05, 0.1) is 34.8 Å². The number of allylic oxidation sites excluding steroid dienone is 1. The van der Waals surface area contributed by atoms with Crippen molar-refractivity contribution in [3.05, 3.63) is 108 Å². The van der Waals surface area contributed by atoms with Gasteiger partial charge in [-0.25, -0.2) is 9.78 Å². The molecule has 1 fully saturated rings. The number of para-hydroxylation sites is 1. The number of esters is 1. The van der Waals surface area contributed by atoms with Gasteiger partial charge in [-0.15, -0.1) is 11.3 Å². The zero-order chi connectivity index (χ0) is 33.9. The summed E-state index contributed by atoms with van der Waals surface area (Å²) in [5.41, 5.74) is 1.60. The van der Waals surface area contributed by atoms with Crippen LogP contribution in [-0.2, 0) is 42.9 Å². The van der Waals surface area contributed by atoms with E-state index in [2.05, 4.69) is 4.98 Å². The number of carbonyl (C=O) groups excluding carboxylic acids is 2. The first-order valence-electron chi connectivity index (χ1n) is 14.0. The molecule has 0 radical (unpaired) electrons. The van der Waals surface area contributed by atoms with Gasteiger partial charge in [0.1, 0.15) is 11.1 Å². The van der Waals surface area contributed by atoms with E-state index in [0.717, 1.165) is 38.4 Å². The van der Waals surface area contributed by atoms with Gasteiger partial charge in [0.25, 0.3) is 10.1 Å². The number of aromatic nitrogens is 1. The number of ether oxygens (including phenoxy) is 1. The predicted octanol–water partition coefficient (Wildman–Crippen LogP) is 5.73. The molecule has 1 aromatic heterocycles. The molecular formula is C31H30N2O9S5. The summed E-state index contributed by atoms with van der Waals surface area (Å²) in [4.78, 5) is 33.7. The van der Waals surface area contributed by atoms with Gasteiger partial charge in [0.15, 0.2) is 16.1 Å². The second-order valence-electron chi connectivity index (χ2n) is 10.6. The zero-order valence-corrected chi connectivity index (χ0v) is 29.6. The number of hydrogen-bond donors (Lipinski definition) is 0. The van der Waals surface area contributed by atoms with Crippen molar-refractivity contribution in [2.75, 3.05) is 12.5 Å². The van der Waals surface area contributed by atoms with E-state index in [4.69, 9.17) is 13.1 Å². The first-order chi connectivity index (χ1) is 22.2. The van der Waals surface area contributed by atoms with Gasteiger partial charge >= 0.3 is 16.1 Å². The van der Waals surface area contributed by atoms with E-state index in [9.17, 15) is 26.4 Å². The molecule has 16 heteroatoms. The highest BCUT2D eigenvalue weighted by Gasteiger charge is 2.56. The summed E-state index contributed by atoms with van der Waals surface area (Å²) < 4.78 is 66.5. The third-order valence-corrected chi connectivity index (χ3v) is 12.1. The Morgan fingerprint density at radius 3 is 2.02 bits per heavy atom. The highest BCUT2D eigenvalue weighted by Crippen LogP contribution is 2.50. The summed E-state index contributed by atoms with van der Waals surface area (Å²) >= 11 is 1.42. The van der Waals surface area contributed by atoms with Crippen molar-refractivity contribution >= 4 is 75.3 Å². The van der Waals surface area contributed by atoms with E-state index in [-0.39, 0.29) is 0 Å². The van der Waals surface area contributed by atoms with E-state index in [1.165, 1.54) is 36.0 Å². The van der Waals surface area contributed by atoms with Crippen molar-refractivity contribution in [1.82, 2.24) is 9.88 Å². The minimum Gasteiger partial charge on any atom is -0.448 e. The number of rotatable bonds is 13. The van der Waals surface area contributed by atoms with E-state index in [1.54, 1.807) is 48.5 Å². The summed E-state index contributed by atoms with van der Waals surface area (Å²) in [5.74, 6) is -3.13. The maximum atomic E-state index is 14.1. The minimum absolute atomic E-state index is 0.392. The lowest BCUT2D eigenvalue weighted by Gasteiger charge is -2.48. The molecule has 2 heterocycles. The first-order valence-corrected chi connectivity index (χ1v) is 20.7. The number of thiazole rings is 1. The molecule has 0 saturated carbocycles. The van der Waals surface area contributed by atoms with Crippen molar-refractivity contribution in [3.8, 4) is 0 Å². The predicted molar refractivity (Wildman–Crippen MR) is 182 cm³/mol.